The van der Waals surface area contributed by atoms with Crippen LogP contribution >= 0.6 is 11.8 Å². The average Bonchev–Trinajstić information content (AvgIpc) is 2.59. The number of hydrogen-bond acceptors (Lipinski definition) is 5. The maximum atomic E-state index is 13.8. The monoisotopic (exact) mass is 651 g/mol. The zero-order chi connectivity index (χ0) is 30.6. The van der Waals surface area contributed by atoms with E-state index < -0.39 is 101 Å². The van der Waals surface area contributed by atoms with Gasteiger partial charge in [-0.25, -0.2) is 12.8 Å². The number of rotatable bonds is 13. The Bertz CT molecular complexity index is 873. The largest absolute Gasteiger partial charge is 1.00 e. The number of thioether (sulfide) groups is 1. The molecule has 0 saturated carbocycles. The number of nitrogens with one attached hydrogen (secondary N) is 1. The molecule has 5 nitrogen and oxygen atoms in total. The molecule has 0 aromatic heterocycles. The molecule has 0 fully saturated rings. The van der Waals surface area contributed by atoms with Crippen molar-refractivity contribution in [1.29, 1.82) is 0 Å². The Labute approximate surface area is 241 Å². The number of carbonyl (C=O) groups is 1. The topological polar surface area (TPSA) is 86.3 Å². The maximum absolute atomic E-state index is 13.8. The van der Waals surface area contributed by atoms with Crippen LogP contribution in [0.2, 0.25) is 0 Å². The molecule has 0 saturated heterocycles. The van der Waals surface area contributed by atoms with Crippen molar-refractivity contribution in [2.45, 2.75) is 75.4 Å². The van der Waals surface area contributed by atoms with E-state index in [4.69, 9.17) is 0 Å². The van der Waals surface area contributed by atoms with Gasteiger partial charge in [0.1, 0.15) is 0 Å². The van der Waals surface area contributed by atoms with Crippen LogP contribution in [0, 0.1) is 11.8 Å². The van der Waals surface area contributed by atoms with Gasteiger partial charge in [-0.15, -0.1) is 0 Å². The number of carbonyl (C=O) groups excluding carboxylic acids is 1. The Hall–Kier alpha value is -0.180. The van der Waals surface area contributed by atoms with Crippen molar-refractivity contribution >= 4 is 27.8 Å². The summed E-state index contributed by atoms with van der Waals surface area (Å²) in [6.45, 7) is 2.37. The van der Waals surface area contributed by atoms with Gasteiger partial charge in [-0.05, 0) is 32.4 Å². The van der Waals surface area contributed by atoms with Crippen molar-refractivity contribution in [3.05, 3.63) is 0 Å². The van der Waals surface area contributed by atoms with Crippen molar-refractivity contribution in [2.75, 3.05) is 17.3 Å². The zero-order valence-electron chi connectivity index (χ0n) is 20.5. The van der Waals surface area contributed by atoms with Crippen LogP contribution in [0.1, 0.15) is 39.5 Å². The average molecular weight is 651 g/mol. The standard InChI is InChI=1S/C18H24F13NO4S2.Na/c1-13(2,9-38(34,35)36)32-12(33)4-6-37-5-3-10(15(20,21)22)7-11(16(23,24)25)8-14(19,17(26,27)28)18(29,30)31;/h10-11H,3-9H2,1-2H3,(H,32,33)(H,34,35,36);/q;+1/p-1. The van der Waals surface area contributed by atoms with Gasteiger partial charge in [-0.3, -0.25) is 4.79 Å². The smallest absolute Gasteiger partial charge is 0.748 e. The first-order chi connectivity index (χ1) is 16.5. The second-order valence-electron chi connectivity index (χ2n) is 9.00. The molecule has 1 amide bonds. The molecular weight excluding hydrogens is 628 g/mol. The molecule has 0 aromatic rings. The summed E-state index contributed by atoms with van der Waals surface area (Å²) in [5, 5.41) is 2.17. The summed E-state index contributed by atoms with van der Waals surface area (Å²) in [5.74, 6) is -9.74. The Morgan fingerprint density at radius 3 is 1.62 bits per heavy atom. The number of alkyl halides is 13. The summed E-state index contributed by atoms with van der Waals surface area (Å²) in [6, 6.07) is 0. The molecule has 0 aromatic carbocycles. The minimum absolute atomic E-state index is 0. The van der Waals surface area contributed by atoms with E-state index in [0.29, 0.717) is 11.8 Å². The van der Waals surface area contributed by atoms with Gasteiger partial charge < -0.3 is 9.87 Å². The molecule has 228 valence electrons. The molecule has 0 aliphatic rings. The van der Waals surface area contributed by atoms with Crippen molar-refractivity contribution in [2.24, 2.45) is 11.8 Å². The van der Waals surface area contributed by atoms with E-state index in [1.165, 1.54) is 13.8 Å². The third-order valence-corrected chi connectivity index (χ3v) is 7.11. The third kappa shape index (κ3) is 14.5. The summed E-state index contributed by atoms with van der Waals surface area (Å²) in [4.78, 5) is 11.8. The van der Waals surface area contributed by atoms with Crippen LogP contribution in [-0.2, 0) is 14.9 Å². The van der Waals surface area contributed by atoms with Crippen LogP contribution in [0.25, 0.3) is 0 Å². The SMILES string of the molecule is CC(C)(CS(=O)(=O)[O-])NC(=O)CCSCCC(CC(CC(F)(C(F)(F)F)C(F)(F)F)C(F)(F)F)C(F)(F)F.[Na+]. The summed E-state index contributed by atoms with van der Waals surface area (Å²) in [5.41, 5.74) is -7.91. The fraction of sp³-hybridized carbons (Fsp3) is 0.944. The Morgan fingerprint density at radius 2 is 1.26 bits per heavy atom. The maximum Gasteiger partial charge on any atom is 1.00 e. The first-order valence-electron chi connectivity index (χ1n) is 10.3. The summed E-state index contributed by atoms with van der Waals surface area (Å²) >= 11 is 0.565. The van der Waals surface area contributed by atoms with Crippen LogP contribution in [0.3, 0.4) is 0 Å². The van der Waals surface area contributed by atoms with E-state index >= 15 is 0 Å². The fourth-order valence-electron chi connectivity index (χ4n) is 3.23. The number of hydrogen-bond donors (Lipinski definition) is 1. The molecule has 0 spiro atoms. The molecule has 0 aliphatic carbocycles. The van der Waals surface area contributed by atoms with Gasteiger partial charge in [-0.2, -0.15) is 64.4 Å². The molecule has 1 N–H and O–H groups in total. The van der Waals surface area contributed by atoms with Crippen molar-refractivity contribution in [1.82, 2.24) is 5.32 Å². The summed E-state index contributed by atoms with van der Waals surface area (Å²) in [6.07, 6.45) is -32.6. The van der Waals surface area contributed by atoms with Crippen LogP contribution in [-0.4, -0.2) is 72.0 Å². The van der Waals surface area contributed by atoms with Crippen molar-refractivity contribution in [3.8, 4) is 0 Å². The Kier molecular flexibility index (Phi) is 15.0. The van der Waals surface area contributed by atoms with Crippen molar-refractivity contribution < 1.29 is 104 Å². The van der Waals surface area contributed by atoms with Gasteiger partial charge in [0.25, 0.3) is 5.67 Å². The van der Waals surface area contributed by atoms with Crippen LogP contribution < -0.4 is 34.9 Å². The van der Waals surface area contributed by atoms with Gasteiger partial charge in [0.15, 0.2) is 0 Å². The van der Waals surface area contributed by atoms with E-state index in [-0.39, 0.29) is 35.3 Å². The first kappa shape index (κ1) is 41.0. The van der Waals surface area contributed by atoms with Crippen LogP contribution in [0.5, 0.6) is 0 Å². The van der Waals surface area contributed by atoms with E-state index in [0.717, 1.165) is 0 Å². The second-order valence-corrected chi connectivity index (χ2v) is 11.6. The van der Waals surface area contributed by atoms with E-state index in [1.54, 1.807) is 0 Å². The summed E-state index contributed by atoms with van der Waals surface area (Å²) in [7, 11) is -4.73. The molecule has 0 bridgehead atoms. The van der Waals surface area contributed by atoms with E-state index in [2.05, 4.69) is 5.32 Å². The molecule has 2 unspecified atom stereocenters. The Balaban J connectivity index is 0. The normalized spacial score (nSPS) is 15.9. The molecule has 0 radical (unpaired) electrons. The minimum atomic E-state index is -6.88. The zero-order valence-corrected chi connectivity index (χ0v) is 24.1. The summed E-state index contributed by atoms with van der Waals surface area (Å²) < 4.78 is 202. The van der Waals surface area contributed by atoms with Gasteiger partial charge in [-0.1, -0.05) is 0 Å². The van der Waals surface area contributed by atoms with E-state index in [1.807, 2.05) is 0 Å². The molecule has 2 atom stereocenters. The molecule has 21 heteroatoms. The van der Waals surface area contributed by atoms with Gasteiger partial charge in [0.2, 0.25) is 5.91 Å². The van der Waals surface area contributed by atoms with Gasteiger partial charge >= 0.3 is 54.3 Å². The van der Waals surface area contributed by atoms with E-state index in [9.17, 15) is 74.8 Å². The van der Waals surface area contributed by atoms with Crippen molar-refractivity contribution in [3.63, 3.8) is 0 Å². The molecular formula is C18H23F13NNaO4S2. The molecule has 0 heterocycles. The fourth-order valence-corrected chi connectivity index (χ4v) is 5.17. The third-order valence-electron chi connectivity index (χ3n) is 5.02. The van der Waals surface area contributed by atoms with Gasteiger partial charge in [0, 0.05) is 24.1 Å². The second kappa shape index (κ2) is 14.3. The van der Waals surface area contributed by atoms with Crippen LogP contribution in [0.4, 0.5) is 57.1 Å². The first-order valence-corrected chi connectivity index (χ1v) is 13.0. The predicted molar refractivity (Wildman–Crippen MR) is 108 cm³/mol. The molecule has 0 aliphatic heterocycles. The Morgan fingerprint density at radius 1 is 0.821 bits per heavy atom. The van der Waals surface area contributed by atoms with Crippen LogP contribution in [0.15, 0.2) is 0 Å². The predicted octanol–water partition coefficient (Wildman–Crippen LogP) is 2.91. The molecule has 39 heavy (non-hydrogen) atoms. The number of halogens is 13. The minimum Gasteiger partial charge on any atom is -0.748 e. The van der Waals surface area contributed by atoms with Gasteiger partial charge in [0.05, 0.1) is 27.7 Å². The quantitative estimate of drug-likeness (QED) is 0.143. The number of amides is 1. The molecule has 0 rings (SSSR count).